The van der Waals surface area contributed by atoms with Crippen LogP contribution in [-0.4, -0.2) is 30.1 Å². The minimum Gasteiger partial charge on any atom is -0.271 e. The summed E-state index contributed by atoms with van der Waals surface area (Å²) in [6.07, 6.45) is 4.02. The molecule has 20 heavy (non-hydrogen) atoms. The first-order valence-corrected chi connectivity index (χ1v) is 8.97. The first kappa shape index (κ1) is 15.8. The molecule has 114 valence electrons. The third-order valence-electron chi connectivity index (χ3n) is 4.13. The maximum absolute atomic E-state index is 12.6. The van der Waals surface area contributed by atoms with Gasteiger partial charge in [0.1, 0.15) is 4.90 Å². The quantitative estimate of drug-likeness (QED) is 0.865. The molecule has 2 rings (SSSR count). The fraction of sp³-hybridized carbons (Fsp3) is 0.769. The van der Waals surface area contributed by atoms with Crippen molar-refractivity contribution < 1.29 is 8.42 Å². The normalized spacial score (nSPS) is 24.0. The van der Waals surface area contributed by atoms with Crippen molar-refractivity contribution in [2.45, 2.75) is 50.5 Å². The van der Waals surface area contributed by atoms with Crippen molar-refractivity contribution >= 4 is 21.6 Å². The number of halogens is 1. The highest BCUT2D eigenvalue weighted by Gasteiger charge is 2.31. The van der Waals surface area contributed by atoms with Crippen molar-refractivity contribution in [1.29, 1.82) is 0 Å². The van der Waals surface area contributed by atoms with Gasteiger partial charge in [0.05, 0.1) is 11.4 Å². The number of hydrogen-bond donors (Lipinski definition) is 1. The molecule has 1 aliphatic rings. The third-order valence-corrected chi connectivity index (χ3v) is 6.26. The van der Waals surface area contributed by atoms with E-state index in [0.29, 0.717) is 22.2 Å². The van der Waals surface area contributed by atoms with E-state index in [2.05, 4.69) is 9.82 Å². The highest BCUT2D eigenvalue weighted by Crippen LogP contribution is 2.28. The Morgan fingerprint density at radius 2 is 2.00 bits per heavy atom. The summed E-state index contributed by atoms with van der Waals surface area (Å²) in [4.78, 5) is 0.305. The lowest BCUT2D eigenvalue weighted by Gasteiger charge is -2.30. The number of aryl methyl sites for hydroxylation is 2. The Hall–Kier alpha value is -0.590. The Labute approximate surface area is 125 Å². The molecule has 7 heteroatoms. The lowest BCUT2D eigenvalue weighted by molar-refractivity contribution is 0.314. The second-order valence-electron chi connectivity index (χ2n) is 5.55. The summed E-state index contributed by atoms with van der Waals surface area (Å²) in [5, 5.41) is 4.18. The van der Waals surface area contributed by atoms with Gasteiger partial charge in [-0.3, -0.25) is 4.68 Å². The van der Waals surface area contributed by atoms with E-state index in [1.54, 1.807) is 25.6 Å². The predicted molar refractivity (Wildman–Crippen MR) is 79.5 cm³/mol. The number of aromatic nitrogens is 2. The lowest BCUT2D eigenvalue weighted by Crippen LogP contribution is -2.43. The molecule has 1 aliphatic carbocycles. The zero-order chi connectivity index (χ0) is 14.9. The Balaban J connectivity index is 2.26. The Morgan fingerprint density at radius 3 is 2.55 bits per heavy atom. The fourth-order valence-corrected chi connectivity index (χ4v) is 5.10. The van der Waals surface area contributed by atoms with Crippen LogP contribution in [0.3, 0.4) is 0 Å². The molecule has 0 bridgehead atoms. The van der Waals surface area contributed by atoms with Crippen LogP contribution in [0.25, 0.3) is 0 Å². The van der Waals surface area contributed by atoms with E-state index in [1.807, 2.05) is 0 Å². The molecular formula is C13H22ClN3O2S. The molecule has 1 aromatic heterocycles. The maximum Gasteiger partial charge on any atom is 0.244 e. The first-order chi connectivity index (χ1) is 9.36. The lowest BCUT2D eigenvalue weighted by atomic mass is 9.86. The van der Waals surface area contributed by atoms with Crippen LogP contribution >= 0.6 is 11.6 Å². The van der Waals surface area contributed by atoms with Crippen molar-refractivity contribution in [3.05, 3.63) is 11.4 Å². The van der Waals surface area contributed by atoms with Crippen LogP contribution in [0.15, 0.2) is 4.90 Å². The summed E-state index contributed by atoms with van der Waals surface area (Å²) in [5.41, 5.74) is 1.20. The van der Waals surface area contributed by atoms with E-state index >= 15 is 0 Å². The Morgan fingerprint density at radius 1 is 1.35 bits per heavy atom. The van der Waals surface area contributed by atoms with Gasteiger partial charge in [-0.25, -0.2) is 13.1 Å². The van der Waals surface area contributed by atoms with E-state index in [9.17, 15) is 8.42 Å². The molecule has 0 aromatic carbocycles. The topological polar surface area (TPSA) is 64.0 Å². The van der Waals surface area contributed by atoms with Crippen LogP contribution in [0.5, 0.6) is 0 Å². The average molecular weight is 320 g/mol. The van der Waals surface area contributed by atoms with E-state index in [4.69, 9.17) is 11.6 Å². The van der Waals surface area contributed by atoms with Gasteiger partial charge in [0.2, 0.25) is 10.0 Å². The molecule has 2 atom stereocenters. The number of alkyl halides is 1. The van der Waals surface area contributed by atoms with Crippen LogP contribution in [0, 0.1) is 19.8 Å². The van der Waals surface area contributed by atoms with Crippen LogP contribution in [-0.2, 0) is 17.1 Å². The molecule has 0 saturated heterocycles. The largest absolute Gasteiger partial charge is 0.271 e. The summed E-state index contributed by atoms with van der Waals surface area (Å²) in [7, 11) is -1.78. The molecule has 1 fully saturated rings. The summed E-state index contributed by atoms with van der Waals surface area (Å²) in [6.45, 7) is 3.50. The zero-order valence-electron chi connectivity index (χ0n) is 12.2. The second-order valence-corrected chi connectivity index (χ2v) is 7.51. The maximum atomic E-state index is 12.6. The highest BCUT2D eigenvalue weighted by atomic mass is 35.5. The van der Waals surface area contributed by atoms with Gasteiger partial charge in [0, 0.05) is 19.0 Å². The van der Waals surface area contributed by atoms with Crippen LogP contribution in [0.2, 0.25) is 0 Å². The van der Waals surface area contributed by atoms with Crippen molar-refractivity contribution in [3.8, 4) is 0 Å². The fourth-order valence-electron chi connectivity index (χ4n) is 2.95. The molecule has 1 saturated carbocycles. The second kappa shape index (κ2) is 6.03. The smallest absolute Gasteiger partial charge is 0.244 e. The van der Waals surface area contributed by atoms with Crippen molar-refractivity contribution in [2.75, 3.05) is 5.88 Å². The predicted octanol–water partition coefficient (Wildman–Crippen LogP) is 2.11. The van der Waals surface area contributed by atoms with Gasteiger partial charge in [-0.1, -0.05) is 12.8 Å². The molecule has 1 aromatic rings. The van der Waals surface area contributed by atoms with Crippen LogP contribution < -0.4 is 4.72 Å². The van der Waals surface area contributed by atoms with E-state index in [-0.39, 0.29) is 12.0 Å². The third kappa shape index (κ3) is 3.02. The minimum absolute atomic E-state index is 0.0646. The zero-order valence-corrected chi connectivity index (χ0v) is 13.8. The van der Waals surface area contributed by atoms with Gasteiger partial charge in [0.25, 0.3) is 0 Å². The van der Waals surface area contributed by atoms with Gasteiger partial charge >= 0.3 is 0 Å². The molecule has 0 spiro atoms. The molecule has 0 amide bonds. The SMILES string of the molecule is Cc1nn(C)c(C)c1S(=O)(=O)NC1CCCCC1CCl. The molecule has 0 radical (unpaired) electrons. The number of sulfonamides is 1. The summed E-state index contributed by atoms with van der Waals surface area (Å²) >= 11 is 5.97. The summed E-state index contributed by atoms with van der Waals surface area (Å²) in [5.74, 6) is 0.718. The molecule has 1 heterocycles. The van der Waals surface area contributed by atoms with Crippen LogP contribution in [0.1, 0.15) is 37.1 Å². The van der Waals surface area contributed by atoms with Gasteiger partial charge in [-0.2, -0.15) is 5.10 Å². The summed E-state index contributed by atoms with van der Waals surface area (Å²) < 4.78 is 29.7. The van der Waals surface area contributed by atoms with Gasteiger partial charge in [-0.15, -0.1) is 11.6 Å². The van der Waals surface area contributed by atoms with Crippen LogP contribution in [0.4, 0.5) is 0 Å². The Bertz CT molecular complexity index is 583. The van der Waals surface area contributed by atoms with Gasteiger partial charge < -0.3 is 0 Å². The number of rotatable bonds is 4. The Kier molecular flexibility index (Phi) is 4.76. The monoisotopic (exact) mass is 319 g/mol. The van der Waals surface area contributed by atoms with Crippen molar-refractivity contribution in [3.63, 3.8) is 0 Å². The minimum atomic E-state index is -3.54. The summed E-state index contributed by atoms with van der Waals surface area (Å²) in [6, 6.07) is -0.0646. The van der Waals surface area contributed by atoms with E-state index in [0.717, 1.165) is 25.7 Å². The molecular weight excluding hydrogens is 298 g/mol. The van der Waals surface area contributed by atoms with Crippen molar-refractivity contribution in [1.82, 2.24) is 14.5 Å². The average Bonchev–Trinajstić information content (AvgIpc) is 2.63. The number of nitrogens with zero attached hydrogens (tertiary/aromatic N) is 2. The van der Waals surface area contributed by atoms with E-state index in [1.165, 1.54) is 0 Å². The number of nitrogens with one attached hydrogen (secondary N) is 1. The highest BCUT2D eigenvalue weighted by molar-refractivity contribution is 7.89. The van der Waals surface area contributed by atoms with E-state index < -0.39 is 10.0 Å². The molecule has 5 nitrogen and oxygen atoms in total. The van der Waals surface area contributed by atoms with Gasteiger partial charge in [0.15, 0.2) is 0 Å². The number of hydrogen-bond acceptors (Lipinski definition) is 3. The standard InChI is InChI=1S/C13H22ClN3O2S/c1-9-13(10(2)17(3)15-9)20(18,19)16-12-7-5-4-6-11(12)8-14/h11-12,16H,4-8H2,1-3H3. The first-order valence-electron chi connectivity index (χ1n) is 6.95. The molecule has 2 unspecified atom stereocenters. The van der Waals surface area contributed by atoms with Crippen molar-refractivity contribution in [2.24, 2.45) is 13.0 Å². The molecule has 0 aliphatic heterocycles. The van der Waals surface area contributed by atoms with Gasteiger partial charge in [-0.05, 0) is 32.6 Å². The molecule has 1 N–H and O–H groups in total.